The summed E-state index contributed by atoms with van der Waals surface area (Å²) in [5.41, 5.74) is 7.20. The van der Waals surface area contributed by atoms with Crippen molar-refractivity contribution in [3.63, 3.8) is 0 Å². The van der Waals surface area contributed by atoms with Gasteiger partial charge in [-0.3, -0.25) is 0 Å². The van der Waals surface area contributed by atoms with Crippen molar-refractivity contribution in [2.24, 2.45) is 4.30 Å². The molecular weight excluding hydrogens is 1420 g/mol. The zero-order valence-corrected chi connectivity index (χ0v) is 60.5. The average Bonchev–Trinajstić information content (AvgIpc) is 1.65. The molecule has 1 fully saturated rings. The molecule has 0 amide bonds. The fraction of sp³-hybridized carbons (Fsp3) is 0.169. The first kappa shape index (κ1) is 75.8. The first-order chi connectivity index (χ1) is 48.7. The van der Waals surface area contributed by atoms with Crippen molar-refractivity contribution in [3.05, 3.63) is 228 Å². The van der Waals surface area contributed by atoms with Gasteiger partial charge in [0.15, 0.2) is 0 Å². The van der Waals surface area contributed by atoms with E-state index >= 15 is 0 Å². The average molecular weight is 1500 g/mol. The predicted octanol–water partition coefficient (Wildman–Crippen LogP) is 19.1. The molecule has 1 radical (unpaired) electrons. The van der Waals surface area contributed by atoms with E-state index < -0.39 is 7.12 Å². The molecule has 0 atom stereocenters. The van der Waals surface area contributed by atoms with Gasteiger partial charge in [-0.1, -0.05) is 15.9 Å². The van der Waals surface area contributed by atoms with Crippen molar-refractivity contribution < 1.29 is 79.5 Å². The predicted molar refractivity (Wildman–Crippen MR) is 405 cm³/mol. The van der Waals surface area contributed by atoms with Crippen LogP contribution < -0.4 is 48.3 Å². The fourth-order valence-corrected chi connectivity index (χ4v) is 10.5. The number of hydrogen-bond acceptors (Lipinski definition) is 19. The summed E-state index contributed by atoms with van der Waals surface area (Å²) in [6, 6.07) is 66.8. The van der Waals surface area contributed by atoms with E-state index in [9.17, 15) is 0 Å². The van der Waals surface area contributed by atoms with Gasteiger partial charge in [0.25, 0.3) is 0 Å². The summed E-state index contributed by atoms with van der Waals surface area (Å²) in [4.78, 5) is 0. The van der Waals surface area contributed by atoms with E-state index in [1.54, 1.807) is 94.5 Å². The number of thiol groups is 1. The molecule has 100 heavy (non-hydrogen) atoms. The molecular formula is C77H74B2Br2NO17S. The molecule has 0 spiro atoms. The van der Waals surface area contributed by atoms with E-state index in [1.807, 2.05) is 188 Å². The zero-order chi connectivity index (χ0) is 71.3. The van der Waals surface area contributed by atoms with Crippen LogP contribution in [0.3, 0.4) is 0 Å². The number of methoxy groups -OCH3 is 9. The Balaban J connectivity index is 0.000000152. The summed E-state index contributed by atoms with van der Waals surface area (Å²) < 4.78 is 83.7. The summed E-state index contributed by atoms with van der Waals surface area (Å²) in [5.74, 6) is 9.89. The number of benzene rings is 9. The van der Waals surface area contributed by atoms with Crippen molar-refractivity contribution in [1.29, 1.82) is 0 Å². The summed E-state index contributed by atoms with van der Waals surface area (Å²) >= 11 is 10.1. The molecule has 23 heteroatoms. The number of hydrogen-bond donors (Lipinski definition) is 3. The van der Waals surface area contributed by atoms with Crippen LogP contribution in [0.25, 0.3) is 88.8 Å². The Morgan fingerprint density at radius 2 is 0.720 bits per heavy atom. The normalized spacial score (nSPS) is 10.9. The third kappa shape index (κ3) is 21.5. The standard InChI is InChI=1S/C16H13BrO3.2C16H14O3.C9H9BO4.C9H8O2.C7H7BrO.C4H8O.BHNS/c1-18-11-5-3-10(4-6-11)16-15(17)13-9-12(19-2)7-8-14(13)20-16;2*1-17-13-5-3-11(4-6-13)16-10-12-9-14(18-2)7-8-15(12)19-16;1-13-7-2-3-8-6(4-7)5-9(14-8)10(11)12;1-10-8-2-3-9-7(6-8)4-5-11-9;1-9-7-4-2-6(8)3-5-7;1-2-4-5-3-1;1-2-3/h3-9H,1-2H3;2*3-10H,1-2H3;2-5,11-12H,1H3;2-6H,1H3;2-5H,1H3;1-4H2;3H. The summed E-state index contributed by atoms with van der Waals surface area (Å²) in [6.07, 6.45) is 4.23. The molecule has 15 rings (SSSR count). The molecule has 0 saturated carbocycles. The van der Waals surface area contributed by atoms with E-state index in [1.165, 1.54) is 12.8 Å². The maximum absolute atomic E-state index is 8.88. The van der Waals surface area contributed by atoms with Gasteiger partial charge in [-0.25, -0.2) is 0 Å². The van der Waals surface area contributed by atoms with E-state index in [0.29, 0.717) is 11.3 Å². The second kappa shape index (κ2) is 39.0. The van der Waals surface area contributed by atoms with E-state index in [0.717, 1.165) is 151 Å². The molecule has 1 aliphatic rings. The van der Waals surface area contributed by atoms with Crippen LogP contribution in [0, 0.1) is 0 Å². The van der Waals surface area contributed by atoms with E-state index in [-0.39, 0.29) is 5.66 Å². The number of nitrogens with zero attached hydrogens (tertiary/aromatic N) is 1. The van der Waals surface area contributed by atoms with Crippen LogP contribution >= 0.6 is 44.7 Å². The molecule has 5 aromatic heterocycles. The number of furan rings is 5. The molecule has 14 aromatic rings. The molecule has 6 heterocycles. The van der Waals surface area contributed by atoms with Crippen molar-refractivity contribution in [2.45, 2.75) is 12.8 Å². The Labute approximate surface area is 603 Å². The fourth-order valence-electron chi connectivity index (χ4n) is 9.64. The van der Waals surface area contributed by atoms with Crippen LogP contribution in [-0.2, 0) is 4.74 Å². The molecule has 1 saturated heterocycles. The number of rotatable bonds is 13. The van der Waals surface area contributed by atoms with Crippen molar-refractivity contribution >= 4 is 120 Å². The van der Waals surface area contributed by atoms with Gasteiger partial charge in [-0.2, -0.15) is 0 Å². The third-order valence-corrected chi connectivity index (χ3v) is 16.2. The van der Waals surface area contributed by atoms with Gasteiger partial charge < -0.3 is 79.5 Å². The summed E-state index contributed by atoms with van der Waals surface area (Å²) in [5, 5.41) is 22.7. The number of fused-ring (bicyclic) bond motifs is 5. The van der Waals surface area contributed by atoms with E-state index in [4.69, 9.17) is 79.5 Å². The Morgan fingerprint density at radius 3 is 1.11 bits per heavy atom. The first-order valence-electron chi connectivity index (χ1n) is 30.9. The van der Waals surface area contributed by atoms with E-state index in [2.05, 4.69) is 56.6 Å². The molecule has 0 bridgehead atoms. The number of halogens is 2. The second-order valence-corrected chi connectivity index (χ2v) is 23.1. The van der Waals surface area contributed by atoms with Crippen LogP contribution in [0.1, 0.15) is 12.8 Å². The molecule has 2 N–H and O–H groups in total. The second-order valence-electron chi connectivity index (χ2n) is 21.2. The quantitative estimate of drug-likeness (QED) is 0.0724. The zero-order valence-electron chi connectivity index (χ0n) is 56.4. The van der Waals surface area contributed by atoms with Crippen molar-refractivity contribution in [2.75, 3.05) is 77.2 Å². The molecule has 515 valence electrons. The van der Waals surface area contributed by atoms with Crippen LogP contribution in [0.15, 0.2) is 254 Å². The topological polar surface area (TPSA) is 211 Å². The van der Waals surface area contributed by atoms with Gasteiger partial charge in [0.05, 0.1) is 74.7 Å². The minimum absolute atomic E-state index is 0.133. The Kier molecular flexibility index (Phi) is 29.5. The van der Waals surface area contributed by atoms with Gasteiger partial charge in [0, 0.05) is 61.3 Å². The molecule has 0 aliphatic carbocycles. The molecule has 18 nitrogen and oxygen atoms in total. The summed E-state index contributed by atoms with van der Waals surface area (Å²) in [6.45, 7) is 2.00. The summed E-state index contributed by atoms with van der Waals surface area (Å²) in [7, 11) is 17.6. The van der Waals surface area contributed by atoms with Crippen molar-refractivity contribution in [3.8, 4) is 85.7 Å². The first-order valence-corrected chi connectivity index (χ1v) is 32.9. The SMILES string of the molecule is C1CCOC1.COc1ccc(-c2cc3cc(OC)ccc3o2)cc1.COc1ccc(-c2cc3cc(OC)ccc3o2)cc1.COc1ccc(-c2oc3ccc(OC)cc3c2Br)cc1.COc1ccc(Br)cc1.COc1ccc2oc(B(O)O)cc2c1.COc1ccc2occc2c1.[B]=NS. The Bertz CT molecular complexity index is 4650. The van der Waals surface area contributed by atoms with Crippen LogP contribution in [0.5, 0.6) is 51.7 Å². The molecule has 0 unspecified atom stereocenters. The van der Waals surface area contributed by atoms with Gasteiger partial charge in [0.2, 0.25) is 0 Å². The third-order valence-electron chi connectivity index (χ3n) is 14.9. The molecule has 1 aliphatic heterocycles. The monoisotopic (exact) mass is 1500 g/mol. The maximum atomic E-state index is 8.88. The van der Waals surface area contributed by atoms with Gasteiger partial charge in [-0.15, -0.1) is 0 Å². The van der Waals surface area contributed by atoms with Crippen molar-refractivity contribution in [1.82, 2.24) is 0 Å². The van der Waals surface area contributed by atoms with Gasteiger partial charge in [-0.05, 0) is 241 Å². The minimum atomic E-state index is -1.58. The van der Waals surface area contributed by atoms with Gasteiger partial charge in [0.1, 0.15) is 103 Å². The number of ether oxygens (including phenoxy) is 10. The Hall–Kier alpha value is -10.0. The van der Waals surface area contributed by atoms with Crippen LogP contribution in [0.2, 0.25) is 0 Å². The Morgan fingerprint density at radius 1 is 0.380 bits per heavy atom. The van der Waals surface area contributed by atoms with Crippen LogP contribution in [-0.4, -0.2) is 102 Å². The van der Waals surface area contributed by atoms with Gasteiger partial charge >= 0.3 is 31.9 Å². The molecule has 9 aromatic carbocycles. The van der Waals surface area contributed by atoms with Crippen LogP contribution in [0.4, 0.5) is 0 Å².